The van der Waals surface area contributed by atoms with Crippen molar-refractivity contribution in [2.75, 3.05) is 13.6 Å². The maximum absolute atomic E-state index is 13.2. The van der Waals surface area contributed by atoms with Gasteiger partial charge in [0.05, 0.1) is 0 Å². The second kappa shape index (κ2) is 6.66. The highest BCUT2D eigenvalue weighted by molar-refractivity contribution is 6.09. The third kappa shape index (κ3) is 2.91. The summed E-state index contributed by atoms with van der Waals surface area (Å²) in [5, 5.41) is 2.88. The lowest BCUT2D eigenvalue weighted by Crippen LogP contribution is -2.47. The van der Waals surface area contributed by atoms with Crippen LogP contribution in [0.5, 0.6) is 0 Å². The van der Waals surface area contributed by atoms with Gasteiger partial charge in [-0.25, -0.2) is 4.79 Å². The number of carbonyl (C=O) groups excluding carboxylic acids is 3. The minimum absolute atomic E-state index is 0.165. The van der Waals surface area contributed by atoms with Gasteiger partial charge in [0.15, 0.2) is 0 Å². The number of likely N-dealkylation sites (N-methyl/N-ethyl adjacent to an activating group) is 1. The molecule has 1 atom stereocenters. The number of hydrogen-bond acceptors (Lipinski definition) is 3. The lowest BCUT2D eigenvalue weighted by Gasteiger charge is -2.34. The van der Waals surface area contributed by atoms with Gasteiger partial charge in [-0.2, -0.15) is 0 Å². The number of hydrogen-bond donors (Lipinski definition) is 1. The maximum Gasteiger partial charge on any atom is 0.325 e. The molecule has 4 rings (SSSR count). The van der Waals surface area contributed by atoms with Gasteiger partial charge >= 0.3 is 6.03 Å². The Hall–Kier alpha value is -2.37. The van der Waals surface area contributed by atoms with Crippen LogP contribution in [0, 0.1) is 5.92 Å². The first-order valence-electron chi connectivity index (χ1n) is 9.90. The minimum atomic E-state index is -0.993. The summed E-state index contributed by atoms with van der Waals surface area (Å²) in [6.07, 6.45) is 5.51. The molecule has 1 aromatic rings. The molecule has 4 amide bonds. The van der Waals surface area contributed by atoms with E-state index in [1.165, 1.54) is 0 Å². The van der Waals surface area contributed by atoms with Crippen LogP contribution in [0.4, 0.5) is 4.79 Å². The van der Waals surface area contributed by atoms with Crippen LogP contribution in [0.25, 0.3) is 0 Å². The first-order valence-corrected chi connectivity index (χ1v) is 9.90. The van der Waals surface area contributed by atoms with Crippen molar-refractivity contribution >= 4 is 17.8 Å². The van der Waals surface area contributed by atoms with E-state index in [-0.39, 0.29) is 24.4 Å². The molecule has 0 bridgehead atoms. The predicted octanol–water partition coefficient (Wildman–Crippen LogP) is 2.42. The summed E-state index contributed by atoms with van der Waals surface area (Å²) in [7, 11) is 1.79. The molecule has 1 saturated carbocycles. The van der Waals surface area contributed by atoms with Crippen LogP contribution in [0.15, 0.2) is 24.3 Å². The smallest absolute Gasteiger partial charge is 0.325 e. The first kappa shape index (κ1) is 18.0. The van der Waals surface area contributed by atoms with Crippen molar-refractivity contribution < 1.29 is 14.4 Å². The van der Waals surface area contributed by atoms with Crippen LogP contribution in [-0.2, 0) is 21.5 Å². The molecule has 1 spiro atoms. The van der Waals surface area contributed by atoms with E-state index in [0.29, 0.717) is 12.3 Å². The van der Waals surface area contributed by atoms with Crippen LogP contribution >= 0.6 is 0 Å². The summed E-state index contributed by atoms with van der Waals surface area (Å²) >= 11 is 0. The normalized spacial score (nSPS) is 29.8. The molecule has 6 nitrogen and oxygen atoms in total. The number of benzene rings is 1. The topological polar surface area (TPSA) is 69.7 Å². The summed E-state index contributed by atoms with van der Waals surface area (Å²) in [5.74, 6) is 0.246. The molecular weight excluding hydrogens is 342 g/mol. The molecule has 144 valence electrons. The molecule has 1 heterocycles. The molecule has 0 aromatic heterocycles. The van der Waals surface area contributed by atoms with Crippen molar-refractivity contribution in [2.45, 2.75) is 57.0 Å². The number of rotatable bonds is 3. The Kier molecular flexibility index (Phi) is 4.44. The van der Waals surface area contributed by atoms with E-state index in [2.05, 4.69) is 12.2 Å². The Bertz CT molecular complexity index is 785. The third-order valence-electron chi connectivity index (χ3n) is 6.64. The molecule has 1 aromatic carbocycles. The number of nitrogens with one attached hydrogen (secondary N) is 1. The maximum atomic E-state index is 13.2. The van der Waals surface area contributed by atoms with Crippen LogP contribution in [-0.4, -0.2) is 47.3 Å². The molecule has 0 radical (unpaired) electrons. The molecule has 1 saturated heterocycles. The predicted molar refractivity (Wildman–Crippen MR) is 101 cm³/mol. The fraction of sp³-hybridized carbons (Fsp3) is 0.571. The van der Waals surface area contributed by atoms with E-state index in [1.54, 1.807) is 11.9 Å². The summed E-state index contributed by atoms with van der Waals surface area (Å²) in [5.41, 5.74) is 0.966. The second-order valence-corrected chi connectivity index (χ2v) is 8.30. The SMILES string of the molecule is CC1CCC(N(C)C(=O)CN2C(=O)NC3(CCc4ccccc43)C2=O)CC1. The first-order chi connectivity index (χ1) is 12.9. The van der Waals surface area contributed by atoms with Gasteiger partial charge < -0.3 is 10.2 Å². The van der Waals surface area contributed by atoms with E-state index < -0.39 is 11.6 Å². The fourth-order valence-corrected chi connectivity index (χ4v) is 4.81. The summed E-state index contributed by atoms with van der Waals surface area (Å²) in [6, 6.07) is 7.47. The van der Waals surface area contributed by atoms with E-state index in [1.807, 2.05) is 24.3 Å². The lowest BCUT2D eigenvalue weighted by molar-refractivity contribution is -0.140. The highest BCUT2D eigenvalue weighted by Gasteiger charge is 2.55. The van der Waals surface area contributed by atoms with E-state index in [4.69, 9.17) is 0 Å². The molecule has 6 heteroatoms. The van der Waals surface area contributed by atoms with Crippen LogP contribution in [0.3, 0.4) is 0 Å². The second-order valence-electron chi connectivity index (χ2n) is 8.30. The molecular formula is C21H27N3O3. The Morgan fingerprint density at radius 1 is 1.22 bits per heavy atom. The van der Waals surface area contributed by atoms with Crippen molar-refractivity contribution in [3.63, 3.8) is 0 Å². The number of fused-ring (bicyclic) bond motifs is 2. The van der Waals surface area contributed by atoms with Gasteiger partial charge in [-0.3, -0.25) is 14.5 Å². The zero-order chi connectivity index (χ0) is 19.2. The number of amides is 4. The van der Waals surface area contributed by atoms with Crippen molar-refractivity contribution in [3.05, 3.63) is 35.4 Å². The zero-order valence-electron chi connectivity index (χ0n) is 16.0. The van der Waals surface area contributed by atoms with Crippen molar-refractivity contribution in [2.24, 2.45) is 5.92 Å². The Morgan fingerprint density at radius 2 is 1.93 bits per heavy atom. The van der Waals surface area contributed by atoms with Crippen LogP contribution < -0.4 is 5.32 Å². The monoisotopic (exact) mass is 369 g/mol. The van der Waals surface area contributed by atoms with Gasteiger partial charge in [0.25, 0.3) is 5.91 Å². The van der Waals surface area contributed by atoms with Gasteiger partial charge in [-0.1, -0.05) is 31.2 Å². The van der Waals surface area contributed by atoms with Crippen molar-refractivity contribution in [3.8, 4) is 0 Å². The van der Waals surface area contributed by atoms with Gasteiger partial charge in [-0.05, 0) is 55.6 Å². The van der Waals surface area contributed by atoms with Gasteiger partial charge in [0, 0.05) is 13.1 Å². The summed E-state index contributed by atoms with van der Waals surface area (Å²) in [4.78, 5) is 41.3. The largest absolute Gasteiger partial charge is 0.341 e. The Labute approximate surface area is 159 Å². The quantitative estimate of drug-likeness (QED) is 0.832. The molecule has 2 fully saturated rings. The lowest BCUT2D eigenvalue weighted by atomic mass is 9.87. The highest BCUT2D eigenvalue weighted by atomic mass is 16.2. The number of imide groups is 1. The Morgan fingerprint density at radius 3 is 2.67 bits per heavy atom. The number of carbonyl (C=O) groups is 3. The summed E-state index contributed by atoms with van der Waals surface area (Å²) < 4.78 is 0. The van der Waals surface area contributed by atoms with Crippen molar-refractivity contribution in [1.82, 2.24) is 15.1 Å². The molecule has 1 aliphatic heterocycles. The number of aryl methyl sites for hydroxylation is 1. The third-order valence-corrected chi connectivity index (χ3v) is 6.64. The average molecular weight is 369 g/mol. The highest BCUT2D eigenvalue weighted by Crippen LogP contribution is 2.41. The van der Waals surface area contributed by atoms with E-state index in [0.717, 1.165) is 48.1 Å². The number of nitrogens with zero attached hydrogens (tertiary/aromatic N) is 2. The number of urea groups is 1. The van der Waals surface area contributed by atoms with Gasteiger partial charge in [0.2, 0.25) is 5.91 Å². The molecule has 2 aliphatic carbocycles. The fourth-order valence-electron chi connectivity index (χ4n) is 4.81. The standard InChI is InChI=1S/C21H27N3O3/c1-14-7-9-16(10-8-14)23(2)18(25)13-24-19(26)21(22-20(24)27)12-11-15-5-3-4-6-17(15)21/h3-6,14,16H,7-13H2,1-2H3,(H,22,27). The van der Waals surface area contributed by atoms with Crippen LogP contribution in [0.1, 0.15) is 50.2 Å². The van der Waals surface area contributed by atoms with Gasteiger partial charge in [-0.15, -0.1) is 0 Å². The Balaban J connectivity index is 1.48. The van der Waals surface area contributed by atoms with Crippen LogP contribution in [0.2, 0.25) is 0 Å². The zero-order valence-corrected chi connectivity index (χ0v) is 16.0. The van der Waals surface area contributed by atoms with Gasteiger partial charge in [0.1, 0.15) is 12.1 Å². The molecule has 27 heavy (non-hydrogen) atoms. The van der Waals surface area contributed by atoms with Crippen molar-refractivity contribution in [1.29, 1.82) is 0 Å². The van der Waals surface area contributed by atoms with E-state index >= 15 is 0 Å². The average Bonchev–Trinajstić information content (AvgIpc) is 3.15. The summed E-state index contributed by atoms with van der Waals surface area (Å²) in [6.45, 7) is 2.06. The molecule has 1 unspecified atom stereocenters. The molecule has 1 N–H and O–H groups in total. The minimum Gasteiger partial charge on any atom is -0.341 e. The molecule has 3 aliphatic rings. The van der Waals surface area contributed by atoms with E-state index in [9.17, 15) is 14.4 Å².